The van der Waals surface area contributed by atoms with Crippen molar-refractivity contribution < 1.29 is 61.6 Å². The number of carbonyl (C=O) groups excluding carboxylic acids is 3. The van der Waals surface area contributed by atoms with Gasteiger partial charge in [-0.15, -0.1) is 0 Å². The molecule has 1 aromatic carbocycles. The second kappa shape index (κ2) is 6.88. The number of hydrogen-bond donors (Lipinski definition) is 0. The molecule has 0 aliphatic carbocycles. The third kappa shape index (κ3) is 3.55. The van der Waals surface area contributed by atoms with E-state index >= 15 is 0 Å². The summed E-state index contributed by atoms with van der Waals surface area (Å²) in [5.41, 5.74) is -0.147. The van der Waals surface area contributed by atoms with E-state index in [0.717, 1.165) is 23.1 Å². The van der Waals surface area contributed by atoms with Gasteiger partial charge in [0.15, 0.2) is 0 Å². The van der Waals surface area contributed by atoms with Crippen molar-refractivity contribution in [1.82, 2.24) is 0 Å². The number of amides is 1. The van der Waals surface area contributed by atoms with Gasteiger partial charge < -0.3 is 9.29 Å². The van der Waals surface area contributed by atoms with Crippen molar-refractivity contribution in [2.75, 3.05) is 18.1 Å². The Labute approximate surface area is 148 Å². The molecule has 0 saturated heterocycles. The van der Waals surface area contributed by atoms with E-state index in [1.54, 1.807) is 6.92 Å². The fraction of sp³-hybridized carbons (Fsp3) is 0.250. The molecule has 0 fully saturated rings. The number of nitrogens with zero attached hydrogens (tertiary/aromatic N) is 1. The number of ether oxygens (including phenoxy) is 1. The minimum Gasteiger partial charge on any atom is -0.744 e. The summed E-state index contributed by atoms with van der Waals surface area (Å²) >= 11 is 0. The molecule has 0 unspecified atom stereocenters. The van der Waals surface area contributed by atoms with Crippen LogP contribution in [-0.4, -0.2) is 43.8 Å². The van der Waals surface area contributed by atoms with Gasteiger partial charge in [0.05, 0.1) is 22.8 Å². The molecule has 112 valence electrons. The maximum Gasteiger partial charge on any atom is 1.00 e. The molecule has 1 aliphatic heterocycles. The average Bonchev–Trinajstić information content (AvgIpc) is 2.63. The van der Waals surface area contributed by atoms with Gasteiger partial charge in [0.25, 0.3) is 11.7 Å². The number of Topliss-reactive ketones (excluding diaryl/α,β-unsaturated/α-hetero) is 1. The maximum atomic E-state index is 11.8. The Bertz CT molecular complexity index is 744. The van der Waals surface area contributed by atoms with Crippen molar-refractivity contribution in [1.29, 1.82) is 0 Å². The minimum atomic E-state index is -4.74. The van der Waals surface area contributed by atoms with Crippen LogP contribution in [0.1, 0.15) is 17.3 Å². The van der Waals surface area contributed by atoms with Crippen molar-refractivity contribution in [2.24, 2.45) is 0 Å². The van der Waals surface area contributed by atoms with Crippen LogP contribution in [-0.2, 0) is 24.4 Å². The van der Waals surface area contributed by atoms with E-state index in [-0.39, 0.29) is 47.4 Å². The predicted octanol–water partition coefficient (Wildman–Crippen LogP) is -3.31. The first-order valence-electron chi connectivity index (χ1n) is 5.87. The Morgan fingerprint density at radius 3 is 2.50 bits per heavy atom. The van der Waals surface area contributed by atoms with E-state index < -0.39 is 39.2 Å². The standard InChI is InChI=1S/C12H11NO7S.Na/c1-2-20-10(14)6-13-9-4-3-7(21(17,18)19)5-8(9)11(15)12(13)16;/h3-5H,2,6H2,1H3,(H,17,18,19);/q;+1/p-1. The molecule has 1 aliphatic rings. The summed E-state index contributed by atoms with van der Waals surface area (Å²) in [5, 5.41) is 0. The predicted molar refractivity (Wildman–Crippen MR) is 67.7 cm³/mol. The number of fused-ring (bicyclic) bond motifs is 1. The summed E-state index contributed by atoms with van der Waals surface area (Å²) in [6.07, 6.45) is 0. The quantitative estimate of drug-likeness (QED) is 0.244. The fourth-order valence-corrected chi connectivity index (χ4v) is 2.42. The Morgan fingerprint density at radius 2 is 1.95 bits per heavy atom. The van der Waals surface area contributed by atoms with Gasteiger partial charge in [-0.1, -0.05) is 0 Å². The third-order valence-electron chi connectivity index (χ3n) is 2.82. The Balaban J connectivity index is 0.00000242. The Hall–Kier alpha value is -1.26. The molecule has 0 saturated carbocycles. The first-order chi connectivity index (χ1) is 9.75. The average molecular weight is 335 g/mol. The van der Waals surface area contributed by atoms with Crippen molar-refractivity contribution in [2.45, 2.75) is 11.8 Å². The molecule has 1 aromatic rings. The SMILES string of the molecule is CCOC(=O)CN1C(=O)C(=O)c2cc(S(=O)(=O)[O-])ccc21.[Na+]. The zero-order valence-electron chi connectivity index (χ0n) is 11.9. The zero-order valence-corrected chi connectivity index (χ0v) is 14.7. The van der Waals surface area contributed by atoms with Crippen molar-refractivity contribution >= 4 is 33.5 Å². The Morgan fingerprint density at radius 1 is 1.32 bits per heavy atom. The normalized spacial score (nSPS) is 13.6. The number of esters is 1. The van der Waals surface area contributed by atoms with Gasteiger partial charge in [-0.3, -0.25) is 19.3 Å². The second-order valence-corrected chi connectivity index (χ2v) is 5.54. The van der Waals surface area contributed by atoms with Gasteiger partial charge in [0.2, 0.25) is 0 Å². The van der Waals surface area contributed by atoms with Crippen LogP contribution in [0.15, 0.2) is 23.1 Å². The topological polar surface area (TPSA) is 121 Å². The van der Waals surface area contributed by atoms with Crippen LogP contribution in [0.3, 0.4) is 0 Å². The van der Waals surface area contributed by atoms with E-state index in [4.69, 9.17) is 4.74 Å². The smallest absolute Gasteiger partial charge is 0.744 e. The van der Waals surface area contributed by atoms with Crippen LogP contribution in [0.25, 0.3) is 0 Å². The molecule has 2 rings (SSSR count). The second-order valence-electron chi connectivity index (χ2n) is 4.16. The van der Waals surface area contributed by atoms with Crippen LogP contribution in [0, 0.1) is 0 Å². The van der Waals surface area contributed by atoms with E-state index in [1.165, 1.54) is 0 Å². The van der Waals surface area contributed by atoms with Crippen LogP contribution in [0.2, 0.25) is 0 Å². The summed E-state index contributed by atoms with van der Waals surface area (Å²) in [4.78, 5) is 35.3. The molecule has 0 bridgehead atoms. The Kier molecular flexibility index (Phi) is 5.88. The number of rotatable bonds is 4. The van der Waals surface area contributed by atoms with Gasteiger partial charge in [-0.2, -0.15) is 0 Å². The monoisotopic (exact) mass is 335 g/mol. The molecule has 1 heterocycles. The molecule has 0 aromatic heterocycles. The summed E-state index contributed by atoms with van der Waals surface area (Å²) in [6.45, 7) is 1.25. The fourth-order valence-electron chi connectivity index (χ4n) is 1.93. The molecule has 1 amide bonds. The molecule has 10 heteroatoms. The molecule has 0 radical (unpaired) electrons. The van der Waals surface area contributed by atoms with Gasteiger partial charge in [0.1, 0.15) is 16.7 Å². The van der Waals surface area contributed by atoms with Crippen LogP contribution >= 0.6 is 0 Å². The van der Waals surface area contributed by atoms with Gasteiger partial charge >= 0.3 is 35.5 Å². The molecule has 0 atom stereocenters. The van der Waals surface area contributed by atoms with Gasteiger partial charge in [0, 0.05) is 0 Å². The summed E-state index contributed by atoms with van der Waals surface area (Å²) in [6, 6.07) is 2.95. The molecule has 8 nitrogen and oxygen atoms in total. The minimum absolute atomic E-state index is 0. The van der Waals surface area contributed by atoms with Crippen LogP contribution in [0.4, 0.5) is 5.69 Å². The zero-order chi connectivity index (χ0) is 15.8. The number of hydrogen-bond acceptors (Lipinski definition) is 7. The molecule has 0 N–H and O–H groups in total. The van der Waals surface area contributed by atoms with Gasteiger partial charge in [-0.05, 0) is 25.1 Å². The number of ketones is 1. The van der Waals surface area contributed by atoms with Gasteiger partial charge in [-0.25, -0.2) is 8.42 Å². The van der Waals surface area contributed by atoms with E-state index in [9.17, 15) is 27.4 Å². The molecule has 0 spiro atoms. The van der Waals surface area contributed by atoms with Crippen LogP contribution < -0.4 is 34.5 Å². The molecular weight excluding hydrogens is 325 g/mol. The summed E-state index contributed by atoms with van der Waals surface area (Å²) in [7, 11) is -4.74. The summed E-state index contributed by atoms with van der Waals surface area (Å²) in [5.74, 6) is -2.65. The van der Waals surface area contributed by atoms with Crippen molar-refractivity contribution in [3.63, 3.8) is 0 Å². The molecular formula is C12H10NNaO7S. The van der Waals surface area contributed by atoms with E-state index in [2.05, 4.69) is 0 Å². The largest absolute Gasteiger partial charge is 1.00 e. The van der Waals surface area contributed by atoms with E-state index in [1.807, 2.05) is 0 Å². The maximum absolute atomic E-state index is 11.8. The first-order valence-corrected chi connectivity index (χ1v) is 7.28. The van der Waals surface area contributed by atoms with Crippen molar-refractivity contribution in [3.8, 4) is 0 Å². The van der Waals surface area contributed by atoms with Crippen molar-refractivity contribution in [3.05, 3.63) is 23.8 Å². The number of anilines is 1. The third-order valence-corrected chi connectivity index (χ3v) is 3.66. The first kappa shape index (κ1) is 18.8. The number of carbonyl (C=O) groups is 3. The summed E-state index contributed by atoms with van der Waals surface area (Å²) < 4.78 is 37.5. The van der Waals surface area contributed by atoms with E-state index in [0.29, 0.717) is 0 Å². The van der Waals surface area contributed by atoms with Crippen LogP contribution in [0.5, 0.6) is 0 Å². The number of benzene rings is 1. The molecule has 22 heavy (non-hydrogen) atoms.